The molecule has 0 bridgehead atoms. The van der Waals surface area contributed by atoms with Gasteiger partial charge in [0, 0.05) is 33.6 Å². The van der Waals surface area contributed by atoms with Crippen molar-refractivity contribution in [1.82, 2.24) is 9.97 Å². The molecular formula is C18H17FN2OS2. The molecule has 0 unspecified atom stereocenters. The van der Waals surface area contributed by atoms with Crippen LogP contribution in [-0.4, -0.2) is 21.5 Å². The molecule has 3 aromatic rings. The fourth-order valence-electron chi connectivity index (χ4n) is 2.44. The summed E-state index contributed by atoms with van der Waals surface area (Å²) >= 11 is 3.09. The van der Waals surface area contributed by atoms with E-state index in [1.807, 2.05) is 25.3 Å². The third kappa shape index (κ3) is 3.94. The molecule has 0 spiro atoms. The van der Waals surface area contributed by atoms with E-state index in [4.69, 9.17) is 0 Å². The molecule has 1 N–H and O–H groups in total. The van der Waals surface area contributed by atoms with Crippen LogP contribution in [0, 0.1) is 19.7 Å². The molecule has 124 valence electrons. The van der Waals surface area contributed by atoms with Crippen LogP contribution in [0.2, 0.25) is 0 Å². The molecule has 0 aliphatic rings. The molecule has 0 aliphatic carbocycles. The van der Waals surface area contributed by atoms with E-state index in [1.54, 1.807) is 23.9 Å². The Morgan fingerprint density at radius 1 is 1.29 bits per heavy atom. The third-order valence-electron chi connectivity index (χ3n) is 3.58. The van der Waals surface area contributed by atoms with Gasteiger partial charge in [-0.1, -0.05) is 0 Å². The first-order chi connectivity index (χ1) is 11.5. The van der Waals surface area contributed by atoms with Gasteiger partial charge in [0.1, 0.15) is 10.8 Å². The number of carbonyl (C=O) groups excluding carboxylic acids is 1. The Hall–Kier alpha value is -1.92. The molecule has 3 nitrogen and oxygen atoms in total. The number of thioether (sulfide) groups is 1. The van der Waals surface area contributed by atoms with E-state index in [0.29, 0.717) is 11.5 Å². The van der Waals surface area contributed by atoms with Gasteiger partial charge in [0.25, 0.3) is 0 Å². The average Bonchev–Trinajstić information content (AvgIpc) is 3.14. The molecular weight excluding hydrogens is 343 g/mol. The number of rotatable bonds is 6. The number of carbonyl (C=O) groups is 1. The Morgan fingerprint density at radius 3 is 2.71 bits per heavy atom. The third-order valence-corrected chi connectivity index (χ3v) is 5.48. The molecule has 2 heterocycles. The maximum atomic E-state index is 13.0. The molecule has 0 radical (unpaired) electrons. The Kier molecular flexibility index (Phi) is 5.16. The van der Waals surface area contributed by atoms with E-state index in [0.717, 1.165) is 33.2 Å². The number of benzene rings is 1. The monoisotopic (exact) mass is 360 g/mol. The lowest BCUT2D eigenvalue weighted by Crippen LogP contribution is -2.03. The number of aromatic nitrogens is 2. The number of thiazole rings is 1. The minimum Gasteiger partial charge on any atom is -0.362 e. The molecule has 1 aromatic carbocycles. The summed E-state index contributed by atoms with van der Waals surface area (Å²) in [6.07, 6.45) is 0. The molecule has 24 heavy (non-hydrogen) atoms. The van der Waals surface area contributed by atoms with Gasteiger partial charge < -0.3 is 4.98 Å². The molecule has 0 fully saturated rings. The number of hydrogen-bond acceptors (Lipinski definition) is 4. The van der Waals surface area contributed by atoms with Gasteiger partial charge in [0.05, 0.1) is 11.4 Å². The van der Waals surface area contributed by atoms with Crippen LogP contribution in [0.4, 0.5) is 4.39 Å². The zero-order valence-corrected chi connectivity index (χ0v) is 15.1. The molecule has 0 saturated carbocycles. The fraction of sp³-hybridized carbons (Fsp3) is 0.222. The number of hydrogen-bond donors (Lipinski definition) is 1. The van der Waals surface area contributed by atoms with Crippen LogP contribution in [-0.2, 0) is 5.75 Å². The normalized spacial score (nSPS) is 11.0. The minimum absolute atomic E-state index is 0.135. The molecule has 3 rings (SSSR count). The zero-order valence-electron chi connectivity index (χ0n) is 13.4. The molecule has 0 saturated heterocycles. The highest BCUT2D eigenvalue weighted by atomic mass is 32.2. The van der Waals surface area contributed by atoms with Crippen LogP contribution in [0.1, 0.15) is 27.4 Å². The van der Waals surface area contributed by atoms with Gasteiger partial charge >= 0.3 is 0 Å². The minimum atomic E-state index is -0.250. The Labute approximate surface area is 148 Å². The number of Topliss-reactive ketones (excluding diaryl/α,β-unsaturated/α-hetero) is 1. The highest BCUT2D eigenvalue weighted by Crippen LogP contribution is 2.26. The van der Waals surface area contributed by atoms with E-state index >= 15 is 0 Å². The first-order valence-corrected chi connectivity index (χ1v) is 9.54. The van der Waals surface area contributed by atoms with Crippen molar-refractivity contribution in [2.24, 2.45) is 0 Å². The summed E-state index contributed by atoms with van der Waals surface area (Å²) in [5.74, 6) is 1.00. The van der Waals surface area contributed by atoms with Gasteiger partial charge in [0.15, 0.2) is 5.78 Å². The Morgan fingerprint density at radius 2 is 2.04 bits per heavy atom. The maximum absolute atomic E-state index is 13.0. The summed E-state index contributed by atoms with van der Waals surface area (Å²) in [7, 11) is 0. The summed E-state index contributed by atoms with van der Waals surface area (Å²) in [6, 6.07) is 8.22. The van der Waals surface area contributed by atoms with Crippen molar-refractivity contribution in [3.63, 3.8) is 0 Å². The van der Waals surface area contributed by atoms with Gasteiger partial charge in [-0.15, -0.1) is 23.1 Å². The van der Waals surface area contributed by atoms with E-state index in [1.165, 1.54) is 23.5 Å². The topological polar surface area (TPSA) is 45.8 Å². The predicted octanol–water partition coefficient (Wildman–Crippen LogP) is 5.01. The van der Waals surface area contributed by atoms with Crippen molar-refractivity contribution in [2.45, 2.75) is 19.6 Å². The summed E-state index contributed by atoms with van der Waals surface area (Å²) < 4.78 is 13.0. The van der Waals surface area contributed by atoms with E-state index in [-0.39, 0.29) is 11.6 Å². The van der Waals surface area contributed by atoms with Crippen molar-refractivity contribution in [2.75, 3.05) is 5.75 Å². The second-order valence-corrected chi connectivity index (χ2v) is 7.40. The number of nitrogens with zero attached hydrogens (tertiary/aromatic N) is 1. The number of aromatic amines is 1. The van der Waals surface area contributed by atoms with Crippen molar-refractivity contribution < 1.29 is 9.18 Å². The zero-order chi connectivity index (χ0) is 17.1. The molecule has 6 heteroatoms. The molecule has 0 atom stereocenters. The van der Waals surface area contributed by atoms with E-state index < -0.39 is 0 Å². The predicted molar refractivity (Wildman–Crippen MR) is 98.3 cm³/mol. The number of halogens is 1. The molecule has 0 aliphatic heterocycles. The van der Waals surface area contributed by atoms with E-state index in [2.05, 4.69) is 9.97 Å². The number of H-pyrrole nitrogens is 1. The first kappa shape index (κ1) is 16.9. The Bertz CT molecular complexity index is 852. The lowest BCUT2D eigenvalue weighted by Gasteiger charge is -2.00. The molecule has 0 amide bonds. The van der Waals surface area contributed by atoms with Crippen molar-refractivity contribution in [1.29, 1.82) is 0 Å². The van der Waals surface area contributed by atoms with Crippen molar-refractivity contribution in [3.8, 4) is 10.6 Å². The van der Waals surface area contributed by atoms with Crippen LogP contribution >= 0.6 is 23.1 Å². The summed E-state index contributed by atoms with van der Waals surface area (Å²) in [5.41, 5.74) is 4.55. The van der Waals surface area contributed by atoms with E-state index in [9.17, 15) is 9.18 Å². The van der Waals surface area contributed by atoms with Crippen LogP contribution in [0.5, 0.6) is 0 Å². The SMILES string of the molecule is Cc1cc(C(=O)CSCc2csc(-c3ccc(F)cc3)n2)c(C)[nH]1. The highest BCUT2D eigenvalue weighted by molar-refractivity contribution is 7.99. The summed E-state index contributed by atoms with van der Waals surface area (Å²) in [4.78, 5) is 19.9. The lowest BCUT2D eigenvalue weighted by atomic mass is 10.2. The molecule has 2 aromatic heterocycles. The Balaban J connectivity index is 1.57. The second-order valence-electron chi connectivity index (χ2n) is 5.56. The average molecular weight is 360 g/mol. The fourth-order valence-corrected chi connectivity index (χ4v) is 4.17. The lowest BCUT2D eigenvalue weighted by molar-refractivity contribution is 0.102. The largest absolute Gasteiger partial charge is 0.362 e. The van der Waals surface area contributed by atoms with Crippen LogP contribution in [0.3, 0.4) is 0 Å². The second kappa shape index (κ2) is 7.32. The van der Waals surface area contributed by atoms with Gasteiger partial charge in [-0.25, -0.2) is 9.37 Å². The van der Waals surface area contributed by atoms with Crippen LogP contribution in [0.15, 0.2) is 35.7 Å². The highest BCUT2D eigenvalue weighted by Gasteiger charge is 2.12. The summed E-state index contributed by atoms with van der Waals surface area (Å²) in [6.45, 7) is 3.86. The number of nitrogens with one attached hydrogen (secondary N) is 1. The van der Waals surface area contributed by atoms with Crippen LogP contribution < -0.4 is 0 Å². The number of ketones is 1. The van der Waals surface area contributed by atoms with Crippen LogP contribution in [0.25, 0.3) is 10.6 Å². The van der Waals surface area contributed by atoms with Crippen molar-refractivity contribution >= 4 is 28.9 Å². The van der Waals surface area contributed by atoms with Gasteiger partial charge in [-0.2, -0.15) is 0 Å². The quantitative estimate of drug-likeness (QED) is 0.629. The number of aryl methyl sites for hydroxylation is 2. The van der Waals surface area contributed by atoms with Gasteiger partial charge in [-0.3, -0.25) is 4.79 Å². The maximum Gasteiger partial charge on any atom is 0.174 e. The first-order valence-electron chi connectivity index (χ1n) is 7.50. The smallest absolute Gasteiger partial charge is 0.174 e. The van der Waals surface area contributed by atoms with Gasteiger partial charge in [-0.05, 0) is 44.2 Å². The standard InChI is InChI=1S/C18H17FN2OS2/c1-11-7-16(12(2)20-11)17(22)10-23-8-15-9-24-18(21-15)13-3-5-14(19)6-4-13/h3-7,9,20H,8,10H2,1-2H3. The van der Waals surface area contributed by atoms with Crippen molar-refractivity contribution in [3.05, 3.63) is 64.2 Å². The van der Waals surface area contributed by atoms with Gasteiger partial charge in [0.2, 0.25) is 0 Å². The summed E-state index contributed by atoms with van der Waals surface area (Å²) in [5, 5.41) is 2.86.